The van der Waals surface area contributed by atoms with Crippen LogP contribution in [0.3, 0.4) is 0 Å². The van der Waals surface area contributed by atoms with E-state index in [2.05, 4.69) is 17.9 Å². The number of ether oxygens (including phenoxy) is 3. The predicted molar refractivity (Wildman–Crippen MR) is 197 cm³/mol. The molecule has 0 aromatic heterocycles. The molecule has 0 amide bonds. The van der Waals surface area contributed by atoms with Gasteiger partial charge in [0.25, 0.3) is 0 Å². The number of fused-ring (bicyclic) bond motifs is 1. The fourth-order valence-electron chi connectivity index (χ4n) is 5.60. The van der Waals surface area contributed by atoms with Crippen molar-refractivity contribution in [2.24, 2.45) is 0 Å². The quantitative estimate of drug-likeness (QED) is 0.0686. The number of rotatable bonds is 25. The molecule has 1 aliphatic rings. The van der Waals surface area contributed by atoms with Crippen LogP contribution >= 0.6 is 19.6 Å². The van der Waals surface area contributed by atoms with Gasteiger partial charge in [-0.2, -0.15) is 0 Å². The van der Waals surface area contributed by atoms with Crippen LogP contribution in [0.5, 0.6) is 17.2 Å². The maximum Gasteiger partial charge on any atom is 0.527 e. The number of unbranched alkanes of at least 4 members (excludes halogenated alkanes) is 11. The Morgan fingerprint density at radius 1 is 0.812 bits per heavy atom. The van der Waals surface area contributed by atoms with Gasteiger partial charge in [-0.05, 0) is 52.4 Å². The van der Waals surface area contributed by atoms with Gasteiger partial charge < -0.3 is 23.6 Å². The number of methoxy groups -OCH3 is 1. The van der Waals surface area contributed by atoms with Gasteiger partial charge >= 0.3 is 7.82 Å². The third-order valence-corrected chi connectivity index (χ3v) is 10.1. The van der Waals surface area contributed by atoms with E-state index in [1.807, 2.05) is 48.0 Å². The van der Waals surface area contributed by atoms with Crippen molar-refractivity contribution < 1.29 is 32.7 Å². The minimum atomic E-state index is -4.40. The normalized spacial score (nSPS) is 14.7. The van der Waals surface area contributed by atoms with Gasteiger partial charge in [0.1, 0.15) is 18.5 Å². The van der Waals surface area contributed by atoms with Gasteiger partial charge in [0.05, 0.1) is 19.1 Å². The second-order valence-electron chi connectivity index (χ2n) is 12.4. The van der Waals surface area contributed by atoms with E-state index in [-0.39, 0.29) is 19.0 Å². The molecule has 1 N–H and O–H groups in total. The third-order valence-electron chi connectivity index (χ3n) is 8.36. The van der Waals surface area contributed by atoms with Crippen molar-refractivity contribution in [3.8, 4) is 17.2 Å². The molecule has 2 unspecified atom stereocenters. The van der Waals surface area contributed by atoms with Crippen molar-refractivity contribution in [1.82, 2.24) is 4.90 Å². The number of nitrogens with zero attached hydrogens (tertiary/aromatic N) is 1. The Morgan fingerprint density at radius 3 is 2.08 bits per heavy atom. The molecule has 1 aliphatic heterocycles. The van der Waals surface area contributed by atoms with Crippen LogP contribution in [0.25, 0.3) is 10.8 Å². The Kier molecular flexibility index (Phi) is 17.0. The number of phosphoric acid groups is 1. The van der Waals surface area contributed by atoms with E-state index in [9.17, 15) is 9.46 Å². The number of benzene rings is 3. The van der Waals surface area contributed by atoms with Gasteiger partial charge in [-0.25, -0.2) is 4.57 Å². The lowest BCUT2D eigenvalue weighted by molar-refractivity contribution is 0.0154. The molecule has 0 bridgehead atoms. The number of thioether (sulfide) groups is 1. The fraction of sp³-hybridized carbons (Fsp3) is 0.526. The average Bonchev–Trinajstić information content (AvgIpc) is 3.60. The van der Waals surface area contributed by atoms with E-state index < -0.39 is 13.9 Å². The first kappa shape index (κ1) is 38.1. The van der Waals surface area contributed by atoms with Crippen LogP contribution in [0.1, 0.15) is 89.5 Å². The van der Waals surface area contributed by atoms with Gasteiger partial charge in [-0.3, -0.25) is 9.42 Å². The Morgan fingerprint density at radius 2 is 1.46 bits per heavy atom. The van der Waals surface area contributed by atoms with E-state index >= 15 is 0 Å². The molecule has 0 radical (unpaired) electrons. The highest BCUT2D eigenvalue weighted by atomic mass is 32.2. The van der Waals surface area contributed by atoms with E-state index in [0.29, 0.717) is 24.7 Å². The summed E-state index contributed by atoms with van der Waals surface area (Å²) in [4.78, 5) is 12.6. The molecule has 10 heteroatoms. The largest absolute Gasteiger partial charge is 0.527 e. The lowest BCUT2D eigenvalue weighted by atomic mass is 10.1. The van der Waals surface area contributed by atoms with Crippen molar-refractivity contribution in [3.05, 3.63) is 77.8 Å². The summed E-state index contributed by atoms with van der Waals surface area (Å²) < 4.78 is 41.4. The zero-order valence-electron chi connectivity index (χ0n) is 28.7. The van der Waals surface area contributed by atoms with E-state index in [0.717, 1.165) is 35.1 Å². The van der Waals surface area contributed by atoms with Crippen LogP contribution in [0, 0.1) is 0 Å². The third kappa shape index (κ3) is 14.0. The summed E-state index contributed by atoms with van der Waals surface area (Å²) in [5.41, 5.74) is 0.968. The Bertz CT molecular complexity index is 1440. The van der Waals surface area contributed by atoms with Gasteiger partial charge in [-0.1, -0.05) is 114 Å². The summed E-state index contributed by atoms with van der Waals surface area (Å²) >= 11 is 1.72. The topological polar surface area (TPSA) is 86.7 Å². The Hall–Kier alpha value is -2.68. The van der Waals surface area contributed by atoms with Crippen LogP contribution in [-0.2, 0) is 20.4 Å². The van der Waals surface area contributed by atoms with Crippen molar-refractivity contribution in [3.63, 3.8) is 0 Å². The van der Waals surface area contributed by atoms with Crippen LogP contribution in [-0.4, -0.2) is 48.7 Å². The summed E-state index contributed by atoms with van der Waals surface area (Å²) in [7, 11) is -2.89. The standard InChI is InChI=1S/C38H54NO7PS/c1-3-4-5-6-7-8-9-10-11-12-13-16-23-43-37-26-33-19-14-15-20-34(33)27-38(37)44-29-36(42-2)30-45-47(40,41)46-35-21-17-18-32(25-35)28-39-22-24-48-31-39/h14-15,17-22,24-27,36H,3-13,16,23,28-31H2,1-2H3,(H,40,41). The second-order valence-corrected chi connectivity index (χ2v) is 14.6. The predicted octanol–water partition coefficient (Wildman–Crippen LogP) is 10.5. The van der Waals surface area contributed by atoms with Gasteiger partial charge in [0, 0.05) is 19.9 Å². The summed E-state index contributed by atoms with van der Waals surface area (Å²) in [5, 5.41) is 4.14. The molecule has 3 aromatic carbocycles. The van der Waals surface area contributed by atoms with E-state index in [1.165, 1.54) is 71.3 Å². The molecule has 48 heavy (non-hydrogen) atoms. The molecule has 0 spiro atoms. The molecular weight excluding hydrogens is 645 g/mol. The number of hydrogen-bond donors (Lipinski definition) is 1. The minimum Gasteiger partial charge on any atom is -0.490 e. The summed E-state index contributed by atoms with van der Waals surface area (Å²) in [6.45, 7) is 3.47. The maximum atomic E-state index is 12.8. The van der Waals surface area contributed by atoms with Crippen molar-refractivity contribution in [2.75, 3.05) is 32.8 Å². The Balaban J connectivity index is 1.21. The molecule has 2 atom stereocenters. The minimum absolute atomic E-state index is 0.0979. The second kappa shape index (κ2) is 21.4. The number of hydrogen-bond acceptors (Lipinski definition) is 8. The summed E-state index contributed by atoms with van der Waals surface area (Å²) in [6.07, 6.45) is 16.9. The van der Waals surface area contributed by atoms with Crippen molar-refractivity contribution >= 4 is 30.4 Å². The highest BCUT2D eigenvalue weighted by molar-refractivity contribution is 8.02. The monoisotopic (exact) mass is 699 g/mol. The molecule has 264 valence electrons. The molecule has 0 aliphatic carbocycles. The SMILES string of the molecule is CCCCCCCCCCCCCCOc1cc2ccccc2cc1OCC(COP(=O)(O)Oc1cccc(CN2C=CSC2)c1)OC. The molecule has 0 saturated heterocycles. The zero-order chi connectivity index (χ0) is 33.9. The van der Waals surface area contributed by atoms with E-state index in [1.54, 1.807) is 30.0 Å². The smallest absolute Gasteiger partial charge is 0.490 e. The molecule has 1 heterocycles. The molecule has 8 nitrogen and oxygen atoms in total. The molecule has 4 rings (SSSR count). The fourth-order valence-corrected chi connectivity index (χ4v) is 7.10. The van der Waals surface area contributed by atoms with Gasteiger partial charge in [0.15, 0.2) is 11.5 Å². The lowest BCUT2D eigenvalue weighted by Crippen LogP contribution is -2.26. The number of phosphoric ester groups is 1. The van der Waals surface area contributed by atoms with Gasteiger partial charge in [-0.15, -0.1) is 11.8 Å². The molecule has 3 aromatic rings. The molecular formula is C38H54NO7PS. The maximum absolute atomic E-state index is 12.8. The summed E-state index contributed by atoms with van der Waals surface area (Å²) in [6, 6.07) is 19.2. The summed E-state index contributed by atoms with van der Waals surface area (Å²) in [5.74, 6) is 2.41. The van der Waals surface area contributed by atoms with Crippen LogP contribution in [0.2, 0.25) is 0 Å². The first-order valence-electron chi connectivity index (χ1n) is 17.5. The Labute approximate surface area is 291 Å². The first-order valence-corrected chi connectivity index (χ1v) is 20.1. The van der Waals surface area contributed by atoms with E-state index in [4.69, 9.17) is 23.3 Å². The molecule has 0 fully saturated rings. The highest BCUT2D eigenvalue weighted by Crippen LogP contribution is 2.44. The van der Waals surface area contributed by atoms with Crippen molar-refractivity contribution in [1.29, 1.82) is 0 Å². The first-order chi connectivity index (χ1) is 23.5. The van der Waals surface area contributed by atoms with Crippen molar-refractivity contribution in [2.45, 2.75) is 96.6 Å². The molecule has 0 saturated carbocycles. The van der Waals surface area contributed by atoms with Crippen LogP contribution in [0.4, 0.5) is 0 Å². The zero-order valence-corrected chi connectivity index (χ0v) is 30.4. The highest BCUT2D eigenvalue weighted by Gasteiger charge is 2.26. The average molecular weight is 700 g/mol. The lowest BCUT2D eigenvalue weighted by Gasteiger charge is -2.20. The van der Waals surface area contributed by atoms with Crippen LogP contribution < -0.4 is 14.0 Å². The van der Waals surface area contributed by atoms with Crippen LogP contribution in [0.15, 0.2) is 72.3 Å². The van der Waals surface area contributed by atoms with Gasteiger partial charge in [0.2, 0.25) is 0 Å².